The highest BCUT2D eigenvalue weighted by Gasteiger charge is 2.25. The van der Waals surface area contributed by atoms with Crippen molar-refractivity contribution >= 4 is 38.9 Å². The van der Waals surface area contributed by atoms with Crippen molar-refractivity contribution < 1.29 is 22.7 Å². The normalized spacial score (nSPS) is 13.2. The number of carbonyl (C=O) groups excluding carboxylic acids is 1. The number of hydrogen-bond donors (Lipinski definition) is 2. The second-order valence-electron chi connectivity index (χ2n) is 5.34. The Morgan fingerprint density at radius 3 is 2.52 bits per heavy atom. The number of amides is 1. The van der Waals surface area contributed by atoms with Gasteiger partial charge in [-0.2, -0.15) is 0 Å². The Hall–Kier alpha value is -2.45. The van der Waals surface area contributed by atoms with Gasteiger partial charge in [0.15, 0.2) is 11.5 Å². The summed E-state index contributed by atoms with van der Waals surface area (Å²) >= 11 is 6.10. The van der Waals surface area contributed by atoms with Crippen LogP contribution < -0.4 is 19.5 Å². The van der Waals surface area contributed by atoms with Crippen molar-refractivity contribution in [2.75, 3.05) is 24.3 Å². The molecule has 25 heavy (non-hydrogen) atoms. The minimum absolute atomic E-state index is 0.0222. The molecule has 2 N–H and O–H groups in total. The maximum Gasteiger partial charge on any atom is 0.263 e. The van der Waals surface area contributed by atoms with Gasteiger partial charge in [-0.05, 0) is 29.8 Å². The number of fused-ring (bicyclic) bond motifs is 1. The first-order valence-corrected chi connectivity index (χ1v) is 9.07. The molecule has 1 heterocycles. The summed E-state index contributed by atoms with van der Waals surface area (Å²) in [5, 5.41) is 2.65. The summed E-state index contributed by atoms with van der Waals surface area (Å²) in [7, 11) is -1.00. The fraction of sp³-hybridized carbons (Fsp3) is 0.188. The lowest BCUT2D eigenvalue weighted by Gasteiger charge is -2.13. The van der Waals surface area contributed by atoms with Gasteiger partial charge in [-0.15, -0.1) is 0 Å². The van der Waals surface area contributed by atoms with E-state index in [1.54, 1.807) is 12.1 Å². The van der Waals surface area contributed by atoms with E-state index >= 15 is 0 Å². The number of carbonyl (C=O) groups is 1. The van der Waals surface area contributed by atoms with Gasteiger partial charge < -0.3 is 14.8 Å². The van der Waals surface area contributed by atoms with Crippen LogP contribution in [0.5, 0.6) is 11.5 Å². The molecule has 0 unspecified atom stereocenters. The summed E-state index contributed by atoms with van der Waals surface area (Å²) in [5.74, 6) is 0.664. The third-order valence-corrected chi connectivity index (χ3v) is 5.55. The Labute approximate surface area is 149 Å². The fourth-order valence-electron chi connectivity index (χ4n) is 2.54. The van der Waals surface area contributed by atoms with Crippen LogP contribution in [0.3, 0.4) is 0 Å². The zero-order valence-electron chi connectivity index (χ0n) is 13.4. The molecule has 1 aliphatic heterocycles. The molecule has 3 rings (SSSR count). The van der Waals surface area contributed by atoms with E-state index in [-0.39, 0.29) is 22.2 Å². The van der Waals surface area contributed by atoms with Crippen molar-refractivity contribution in [2.45, 2.75) is 11.3 Å². The first-order chi connectivity index (χ1) is 11.8. The summed E-state index contributed by atoms with van der Waals surface area (Å²) in [6, 6.07) is 7.47. The molecule has 0 saturated heterocycles. The maximum atomic E-state index is 12.7. The number of anilines is 2. The molecule has 1 amide bonds. The molecule has 0 aromatic heterocycles. The summed E-state index contributed by atoms with van der Waals surface area (Å²) in [6.45, 7) is 0. The number of halogens is 1. The first-order valence-electron chi connectivity index (χ1n) is 7.21. The minimum Gasteiger partial charge on any atom is -0.493 e. The van der Waals surface area contributed by atoms with Gasteiger partial charge in [-0.25, -0.2) is 8.42 Å². The zero-order chi connectivity index (χ0) is 18.2. The number of ether oxygens (including phenoxy) is 2. The van der Waals surface area contributed by atoms with Crippen molar-refractivity contribution in [3.63, 3.8) is 0 Å². The van der Waals surface area contributed by atoms with Gasteiger partial charge >= 0.3 is 0 Å². The number of sulfonamides is 1. The van der Waals surface area contributed by atoms with Crippen LogP contribution in [0.15, 0.2) is 35.2 Å². The van der Waals surface area contributed by atoms with Crippen LogP contribution in [0.1, 0.15) is 5.56 Å². The van der Waals surface area contributed by atoms with E-state index in [4.69, 9.17) is 21.1 Å². The van der Waals surface area contributed by atoms with Crippen LogP contribution in [-0.4, -0.2) is 28.5 Å². The zero-order valence-corrected chi connectivity index (χ0v) is 15.0. The second-order valence-corrected chi connectivity index (χ2v) is 7.40. The van der Waals surface area contributed by atoms with Crippen molar-refractivity contribution in [1.82, 2.24) is 0 Å². The molecule has 0 saturated carbocycles. The quantitative estimate of drug-likeness (QED) is 0.829. The highest BCUT2D eigenvalue weighted by Crippen LogP contribution is 2.34. The average Bonchev–Trinajstić information content (AvgIpc) is 2.92. The third-order valence-electron chi connectivity index (χ3n) is 3.71. The first kappa shape index (κ1) is 17.4. The molecule has 0 aliphatic carbocycles. The lowest BCUT2D eigenvalue weighted by atomic mass is 10.2. The molecule has 7 nitrogen and oxygen atoms in total. The molecule has 0 radical (unpaired) electrons. The predicted octanol–water partition coefficient (Wildman–Crippen LogP) is 2.65. The maximum absolute atomic E-state index is 12.7. The molecular formula is C16H15ClN2O5S. The lowest BCUT2D eigenvalue weighted by molar-refractivity contribution is -0.115. The van der Waals surface area contributed by atoms with Crippen molar-refractivity contribution in [1.29, 1.82) is 0 Å². The van der Waals surface area contributed by atoms with Crippen molar-refractivity contribution in [3.05, 3.63) is 40.9 Å². The average molecular weight is 383 g/mol. The highest BCUT2D eigenvalue weighted by atomic mass is 35.5. The Bertz CT molecular complexity index is 959. The molecule has 0 spiro atoms. The molecule has 2 aromatic rings. The number of benzene rings is 2. The topological polar surface area (TPSA) is 93.7 Å². The van der Waals surface area contributed by atoms with Gasteiger partial charge in [0.2, 0.25) is 5.91 Å². The van der Waals surface area contributed by atoms with Crippen LogP contribution in [0, 0.1) is 0 Å². The van der Waals surface area contributed by atoms with Gasteiger partial charge in [0.25, 0.3) is 10.0 Å². The van der Waals surface area contributed by atoms with E-state index in [1.807, 2.05) is 0 Å². The molecular weight excluding hydrogens is 368 g/mol. The molecule has 9 heteroatoms. The molecule has 1 aliphatic rings. The van der Waals surface area contributed by atoms with Crippen LogP contribution in [0.25, 0.3) is 0 Å². The summed E-state index contributed by atoms with van der Waals surface area (Å²) < 4.78 is 38.1. The van der Waals surface area contributed by atoms with Gasteiger partial charge in [0.05, 0.1) is 31.4 Å². The van der Waals surface area contributed by atoms with Gasteiger partial charge in [0, 0.05) is 11.8 Å². The van der Waals surface area contributed by atoms with Crippen LogP contribution >= 0.6 is 11.6 Å². The minimum atomic E-state index is -3.95. The summed E-state index contributed by atoms with van der Waals surface area (Å²) in [6.07, 6.45) is 0.116. The smallest absolute Gasteiger partial charge is 0.263 e. The van der Waals surface area contributed by atoms with Crippen molar-refractivity contribution in [2.24, 2.45) is 0 Å². The number of nitrogens with one attached hydrogen (secondary N) is 2. The van der Waals surface area contributed by atoms with Crippen molar-refractivity contribution in [3.8, 4) is 11.5 Å². The number of hydrogen-bond acceptors (Lipinski definition) is 5. The Balaban J connectivity index is 1.96. The van der Waals surface area contributed by atoms with E-state index in [0.29, 0.717) is 28.4 Å². The Morgan fingerprint density at radius 2 is 1.84 bits per heavy atom. The largest absolute Gasteiger partial charge is 0.493 e. The number of rotatable bonds is 5. The van der Waals surface area contributed by atoms with Gasteiger partial charge in [-0.3, -0.25) is 9.52 Å². The molecule has 0 atom stereocenters. The lowest BCUT2D eigenvalue weighted by Crippen LogP contribution is -2.14. The van der Waals surface area contributed by atoms with E-state index < -0.39 is 10.0 Å². The van der Waals surface area contributed by atoms with E-state index in [1.165, 1.54) is 32.4 Å². The molecule has 0 bridgehead atoms. The predicted molar refractivity (Wildman–Crippen MR) is 94.1 cm³/mol. The molecule has 132 valence electrons. The molecule has 2 aromatic carbocycles. The SMILES string of the molecule is COc1ccc(NS(=O)(=O)c2cc3c(cc2Cl)NC(=O)C3)cc1OC. The fourth-order valence-corrected chi connectivity index (χ4v) is 4.17. The van der Waals surface area contributed by atoms with E-state index in [0.717, 1.165) is 0 Å². The van der Waals surface area contributed by atoms with Gasteiger partial charge in [0.1, 0.15) is 4.90 Å². The summed E-state index contributed by atoms with van der Waals surface area (Å²) in [5.41, 5.74) is 1.41. The molecule has 0 fully saturated rings. The van der Waals surface area contributed by atoms with E-state index in [9.17, 15) is 13.2 Å². The van der Waals surface area contributed by atoms with Gasteiger partial charge in [-0.1, -0.05) is 11.6 Å². The summed E-state index contributed by atoms with van der Waals surface area (Å²) in [4.78, 5) is 11.4. The van der Waals surface area contributed by atoms with Crippen LogP contribution in [0.4, 0.5) is 11.4 Å². The standard InChI is InChI=1S/C16H15ClN2O5S/c1-23-13-4-3-10(7-14(13)24-2)19-25(21,22)15-5-9-6-16(20)18-12(9)8-11(15)17/h3-5,7-8,19H,6H2,1-2H3,(H,18,20). The van der Waals surface area contributed by atoms with E-state index in [2.05, 4.69) is 10.0 Å². The highest BCUT2D eigenvalue weighted by molar-refractivity contribution is 7.92. The Morgan fingerprint density at radius 1 is 1.12 bits per heavy atom. The Kier molecular flexibility index (Phi) is 4.49. The third kappa shape index (κ3) is 3.35. The van der Waals surface area contributed by atoms with Crippen LogP contribution in [-0.2, 0) is 21.2 Å². The monoisotopic (exact) mass is 382 g/mol. The van der Waals surface area contributed by atoms with Crippen LogP contribution in [0.2, 0.25) is 5.02 Å². The second kappa shape index (κ2) is 6.45. The number of methoxy groups -OCH3 is 2.